The molecule has 0 spiro atoms. The number of rotatable bonds is 3. The Bertz CT molecular complexity index is 411. The average molecular weight is 241 g/mol. The van der Waals surface area contributed by atoms with Crippen molar-refractivity contribution in [1.82, 2.24) is 14.7 Å². The lowest BCUT2D eigenvalue weighted by atomic mass is 10.1. The fraction of sp³-hybridized carbons (Fsp3) is 0.636. The zero-order valence-corrected chi connectivity index (χ0v) is 9.77. The monoisotopic (exact) mass is 241 g/mol. The van der Waals surface area contributed by atoms with E-state index in [2.05, 4.69) is 10.00 Å². The fourth-order valence-corrected chi connectivity index (χ4v) is 2.16. The molecule has 0 atom stereocenters. The predicted molar refractivity (Wildman–Crippen MR) is 59.3 cm³/mol. The molecular weight excluding hydrogens is 225 g/mol. The Kier molecular flexibility index (Phi) is 3.42. The van der Waals surface area contributed by atoms with Gasteiger partial charge in [-0.1, -0.05) is 0 Å². The SMILES string of the molecule is CN1CCC(n2ncc(CC(=O)O)c2F)CC1. The molecule has 0 aromatic carbocycles. The Balaban J connectivity index is 2.11. The molecule has 0 amide bonds. The molecule has 6 heteroatoms. The van der Waals surface area contributed by atoms with E-state index in [9.17, 15) is 9.18 Å². The Morgan fingerprint density at radius 1 is 1.59 bits per heavy atom. The Labute approximate surface area is 98.8 Å². The molecular formula is C11H16FN3O2. The summed E-state index contributed by atoms with van der Waals surface area (Å²) in [5.74, 6) is -1.53. The van der Waals surface area contributed by atoms with E-state index in [1.807, 2.05) is 7.05 Å². The van der Waals surface area contributed by atoms with Crippen LogP contribution in [0.2, 0.25) is 0 Å². The van der Waals surface area contributed by atoms with E-state index < -0.39 is 11.9 Å². The molecule has 0 unspecified atom stereocenters. The van der Waals surface area contributed by atoms with Crippen molar-refractivity contribution in [2.45, 2.75) is 25.3 Å². The van der Waals surface area contributed by atoms with E-state index in [-0.39, 0.29) is 18.0 Å². The molecule has 1 aliphatic heterocycles. The van der Waals surface area contributed by atoms with Gasteiger partial charge in [0.25, 0.3) is 0 Å². The summed E-state index contributed by atoms with van der Waals surface area (Å²) in [5.41, 5.74) is 0.163. The maximum Gasteiger partial charge on any atom is 0.308 e. The number of carbonyl (C=O) groups is 1. The first-order valence-corrected chi connectivity index (χ1v) is 5.70. The van der Waals surface area contributed by atoms with Crippen molar-refractivity contribution in [3.05, 3.63) is 17.7 Å². The minimum atomic E-state index is -1.04. The highest BCUT2D eigenvalue weighted by atomic mass is 19.1. The lowest BCUT2D eigenvalue weighted by molar-refractivity contribution is -0.136. The number of halogens is 1. The van der Waals surface area contributed by atoms with Crippen LogP contribution in [0, 0.1) is 5.95 Å². The smallest absolute Gasteiger partial charge is 0.308 e. The summed E-state index contributed by atoms with van der Waals surface area (Å²) in [4.78, 5) is 12.7. The van der Waals surface area contributed by atoms with Gasteiger partial charge in [0.1, 0.15) is 0 Å². The Hall–Kier alpha value is -1.43. The predicted octanol–water partition coefficient (Wildman–Crippen LogP) is 0.916. The number of hydrogen-bond acceptors (Lipinski definition) is 3. The molecule has 0 saturated carbocycles. The highest BCUT2D eigenvalue weighted by molar-refractivity contribution is 5.69. The van der Waals surface area contributed by atoms with E-state index in [0.717, 1.165) is 25.9 Å². The van der Waals surface area contributed by atoms with Crippen LogP contribution < -0.4 is 0 Å². The van der Waals surface area contributed by atoms with Gasteiger partial charge in [-0.3, -0.25) is 4.79 Å². The molecule has 17 heavy (non-hydrogen) atoms. The Morgan fingerprint density at radius 2 is 2.24 bits per heavy atom. The van der Waals surface area contributed by atoms with Gasteiger partial charge in [0.2, 0.25) is 5.95 Å². The lowest BCUT2D eigenvalue weighted by Crippen LogP contribution is -2.32. The summed E-state index contributed by atoms with van der Waals surface area (Å²) in [6.45, 7) is 1.83. The van der Waals surface area contributed by atoms with Crippen molar-refractivity contribution in [2.24, 2.45) is 0 Å². The topological polar surface area (TPSA) is 58.4 Å². The van der Waals surface area contributed by atoms with Gasteiger partial charge in [-0.2, -0.15) is 9.49 Å². The molecule has 5 nitrogen and oxygen atoms in total. The highest BCUT2D eigenvalue weighted by Crippen LogP contribution is 2.23. The van der Waals surface area contributed by atoms with Gasteiger partial charge >= 0.3 is 5.97 Å². The van der Waals surface area contributed by atoms with Gasteiger partial charge in [-0.15, -0.1) is 0 Å². The normalized spacial score (nSPS) is 18.5. The number of piperidine rings is 1. The van der Waals surface area contributed by atoms with Crippen molar-refractivity contribution in [1.29, 1.82) is 0 Å². The molecule has 1 aromatic rings. The van der Waals surface area contributed by atoms with Gasteiger partial charge in [-0.25, -0.2) is 4.68 Å². The third-order valence-corrected chi connectivity index (χ3v) is 3.18. The average Bonchev–Trinajstić information content (AvgIpc) is 2.61. The maximum atomic E-state index is 13.9. The summed E-state index contributed by atoms with van der Waals surface area (Å²) in [5, 5.41) is 12.6. The third kappa shape index (κ3) is 2.63. The molecule has 2 rings (SSSR count). The molecule has 0 radical (unpaired) electrons. The van der Waals surface area contributed by atoms with E-state index in [1.54, 1.807) is 0 Å². The molecule has 0 bridgehead atoms. The molecule has 1 aromatic heterocycles. The standard InChI is InChI=1S/C11H16FN3O2/c1-14-4-2-9(3-5-14)15-11(12)8(7-13-15)6-10(16)17/h7,9H,2-6H2,1H3,(H,16,17). The number of nitrogens with zero attached hydrogens (tertiary/aromatic N) is 3. The lowest BCUT2D eigenvalue weighted by Gasteiger charge is -2.29. The zero-order valence-electron chi connectivity index (χ0n) is 9.77. The first-order chi connectivity index (χ1) is 8.08. The van der Waals surface area contributed by atoms with E-state index in [1.165, 1.54) is 10.9 Å². The number of carboxylic acids is 1. The quantitative estimate of drug-likeness (QED) is 0.854. The summed E-state index contributed by atoms with van der Waals surface area (Å²) in [7, 11) is 2.03. The molecule has 1 fully saturated rings. The minimum Gasteiger partial charge on any atom is -0.481 e. The molecule has 0 aliphatic carbocycles. The maximum absolute atomic E-state index is 13.9. The van der Waals surface area contributed by atoms with Crippen molar-refractivity contribution >= 4 is 5.97 Å². The van der Waals surface area contributed by atoms with Crippen LogP contribution >= 0.6 is 0 Å². The summed E-state index contributed by atoms with van der Waals surface area (Å²) in [6.07, 6.45) is 2.71. The molecule has 1 saturated heterocycles. The first-order valence-electron chi connectivity index (χ1n) is 5.70. The third-order valence-electron chi connectivity index (χ3n) is 3.18. The number of aromatic nitrogens is 2. The van der Waals surface area contributed by atoms with E-state index in [0.29, 0.717) is 0 Å². The summed E-state index contributed by atoms with van der Waals surface area (Å²) >= 11 is 0. The van der Waals surface area contributed by atoms with Crippen LogP contribution in [0.4, 0.5) is 4.39 Å². The largest absolute Gasteiger partial charge is 0.481 e. The van der Waals surface area contributed by atoms with Crippen LogP contribution in [0.25, 0.3) is 0 Å². The van der Waals surface area contributed by atoms with Gasteiger partial charge in [0.15, 0.2) is 0 Å². The number of carboxylic acid groups (broad SMARTS) is 1. The van der Waals surface area contributed by atoms with Crippen LogP contribution in [-0.2, 0) is 11.2 Å². The number of hydrogen-bond donors (Lipinski definition) is 1. The van der Waals surface area contributed by atoms with E-state index >= 15 is 0 Å². The number of likely N-dealkylation sites (tertiary alicyclic amines) is 1. The van der Waals surface area contributed by atoms with Crippen molar-refractivity contribution in [3.63, 3.8) is 0 Å². The van der Waals surface area contributed by atoms with Crippen molar-refractivity contribution < 1.29 is 14.3 Å². The van der Waals surface area contributed by atoms with Crippen molar-refractivity contribution in [3.8, 4) is 0 Å². The zero-order chi connectivity index (χ0) is 12.4. The van der Waals surface area contributed by atoms with Crippen LogP contribution in [-0.4, -0.2) is 45.9 Å². The van der Waals surface area contributed by atoms with Crippen molar-refractivity contribution in [2.75, 3.05) is 20.1 Å². The van der Waals surface area contributed by atoms with Crippen LogP contribution in [0.1, 0.15) is 24.4 Å². The molecule has 94 valence electrons. The highest BCUT2D eigenvalue weighted by Gasteiger charge is 2.23. The second-order valence-corrected chi connectivity index (χ2v) is 4.51. The minimum absolute atomic E-state index is 0.0498. The first kappa shape index (κ1) is 12.0. The molecule has 1 aliphatic rings. The van der Waals surface area contributed by atoms with Gasteiger partial charge < -0.3 is 10.0 Å². The second-order valence-electron chi connectivity index (χ2n) is 4.51. The second kappa shape index (κ2) is 4.83. The Morgan fingerprint density at radius 3 is 2.82 bits per heavy atom. The van der Waals surface area contributed by atoms with Crippen LogP contribution in [0.15, 0.2) is 6.20 Å². The molecule has 2 heterocycles. The van der Waals surface area contributed by atoms with Crippen LogP contribution in [0.5, 0.6) is 0 Å². The van der Waals surface area contributed by atoms with E-state index in [4.69, 9.17) is 5.11 Å². The van der Waals surface area contributed by atoms with Gasteiger partial charge in [-0.05, 0) is 33.0 Å². The number of aliphatic carboxylic acids is 1. The van der Waals surface area contributed by atoms with Gasteiger partial charge in [0, 0.05) is 5.56 Å². The summed E-state index contributed by atoms with van der Waals surface area (Å²) < 4.78 is 15.2. The molecule has 1 N–H and O–H groups in total. The fourth-order valence-electron chi connectivity index (χ4n) is 2.16. The summed E-state index contributed by atoms with van der Waals surface area (Å²) in [6, 6.07) is 0.0498. The van der Waals surface area contributed by atoms with Crippen LogP contribution in [0.3, 0.4) is 0 Å². The van der Waals surface area contributed by atoms with Gasteiger partial charge in [0.05, 0.1) is 18.7 Å².